The minimum absolute atomic E-state index is 0.116. The van der Waals surface area contributed by atoms with Crippen molar-refractivity contribution < 1.29 is 28.7 Å². The highest BCUT2D eigenvalue weighted by Crippen LogP contribution is 2.37. The third-order valence-corrected chi connectivity index (χ3v) is 10.9. The minimum Gasteiger partial charge on any atom is -0.453 e. The van der Waals surface area contributed by atoms with E-state index in [-0.39, 0.29) is 47.6 Å². The van der Waals surface area contributed by atoms with E-state index in [2.05, 4.69) is 56.3 Å². The molecule has 58 heavy (non-hydrogen) atoms. The molecule has 2 aromatic heterocycles. The Labute approximate surface area is 339 Å². The van der Waals surface area contributed by atoms with Gasteiger partial charge >= 0.3 is 12.2 Å². The highest BCUT2D eigenvalue weighted by Gasteiger charge is 2.41. The lowest BCUT2D eigenvalue weighted by atomic mass is 10.0. The lowest BCUT2D eigenvalue weighted by Gasteiger charge is -2.30. The largest absolute Gasteiger partial charge is 0.453 e. The third kappa shape index (κ3) is 9.36. The van der Waals surface area contributed by atoms with E-state index in [1.165, 1.54) is 14.2 Å². The molecule has 0 spiro atoms. The van der Waals surface area contributed by atoms with Gasteiger partial charge in [0, 0.05) is 24.2 Å². The Bertz CT molecular complexity index is 2000. The first-order valence-electron chi connectivity index (χ1n) is 19.9. The number of aromatic nitrogens is 4. The summed E-state index contributed by atoms with van der Waals surface area (Å²) in [6.07, 6.45) is 3.84. The fourth-order valence-corrected chi connectivity index (χ4v) is 7.77. The fraction of sp³-hybridized carbons (Fsp3) is 0.455. The first-order chi connectivity index (χ1) is 27.8. The van der Waals surface area contributed by atoms with Crippen molar-refractivity contribution in [2.45, 2.75) is 78.6 Å². The van der Waals surface area contributed by atoms with Crippen LogP contribution in [0.4, 0.5) is 9.59 Å². The molecule has 4 heterocycles. The molecular formula is C44H54N8O6. The van der Waals surface area contributed by atoms with Crippen molar-refractivity contribution in [2.75, 3.05) is 27.3 Å². The molecule has 2 aliphatic heterocycles. The van der Waals surface area contributed by atoms with E-state index in [1.807, 2.05) is 86.0 Å². The van der Waals surface area contributed by atoms with Crippen LogP contribution in [0.3, 0.4) is 0 Å². The van der Waals surface area contributed by atoms with Crippen LogP contribution in [0.1, 0.15) is 89.2 Å². The highest BCUT2D eigenvalue weighted by atomic mass is 16.5. The van der Waals surface area contributed by atoms with Crippen molar-refractivity contribution >= 4 is 24.0 Å². The molecule has 4 aromatic rings. The topological polar surface area (TPSA) is 175 Å². The molecule has 306 valence electrons. The smallest absolute Gasteiger partial charge is 0.407 e. The minimum atomic E-state index is -0.702. The monoisotopic (exact) mass is 790 g/mol. The SMILES string of the molecule is COC(=O)N[C@H](C(=O)N1C[C@H](C)C[C@@H]1c1ncc(-c2ccc(C#Cc3ccc(-c4cnc([C@@H]5C[C@@H](C)CN5C(=O)[C@@H](NC(=O)OC)C(C)C)[nH]4)cc3)cc2)[nH]1)C(C)C. The number of hydrogen-bond donors (Lipinski definition) is 4. The number of amides is 4. The summed E-state index contributed by atoms with van der Waals surface area (Å²) in [4.78, 5) is 71.1. The zero-order valence-corrected chi connectivity index (χ0v) is 34.5. The number of aromatic amines is 2. The van der Waals surface area contributed by atoms with Gasteiger partial charge in [0.25, 0.3) is 0 Å². The molecule has 2 aliphatic rings. The van der Waals surface area contributed by atoms with Crippen molar-refractivity contribution in [1.29, 1.82) is 0 Å². The second-order valence-electron chi connectivity index (χ2n) is 16.2. The molecule has 0 aliphatic carbocycles. The number of nitrogens with zero attached hydrogens (tertiary/aromatic N) is 4. The molecule has 2 aromatic carbocycles. The summed E-state index contributed by atoms with van der Waals surface area (Å²) in [5.74, 6) is 7.95. The number of methoxy groups -OCH3 is 2. The van der Waals surface area contributed by atoms with Crippen LogP contribution >= 0.6 is 0 Å². The summed E-state index contributed by atoms with van der Waals surface area (Å²) in [5, 5.41) is 5.40. The molecule has 14 nitrogen and oxygen atoms in total. The van der Waals surface area contributed by atoms with Crippen LogP contribution in [-0.2, 0) is 19.1 Å². The van der Waals surface area contributed by atoms with Gasteiger partial charge in [-0.25, -0.2) is 19.6 Å². The lowest BCUT2D eigenvalue weighted by Crippen LogP contribution is -2.51. The summed E-state index contributed by atoms with van der Waals surface area (Å²) in [6, 6.07) is 14.0. The molecule has 6 atom stereocenters. The Morgan fingerprint density at radius 1 is 0.655 bits per heavy atom. The molecule has 0 saturated carbocycles. The van der Waals surface area contributed by atoms with Crippen LogP contribution in [0.5, 0.6) is 0 Å². The normalized spacial score (nSPS) is 20.0. The van der Waals surface area contributed by atoms with E-state index < -0.39 is 24.3 Å². The van der Waals surface area contributed by atoms with Crippen LogP contribution < -0.4 is 10.6 Å². The molecule has 0 radical (unpaired) electrons. The number of carbonyl (C=O) groups excluding carboxylic acids is 4. The number of H-pyrrole nitrogens is 2. The van der Waals surface area contributed by atoms with Gasteiger partial charge in [0.15, 0.2) is 0 Å². The number of carbonyl (C=O) groups is 4. The van der Waals surface area contributed by atoms with E-state index >= 15 is 0 Å². The highest BCUT2D eigenvalue weighted by molar-refractivity contribution is 5.87. The molecule has 4 N–H and O–H groups in total. The van der Waals surface area contributed by atoms with Gasteiger partial charge in [-0.15, -0.1) is 0 Å². The van der Waals surface area contributed by atoms with Gasteiger partial charge < -0.3 is 39.9 Å². The number of benzene rings is 2. The molecular weight excluding hydrogens is 737 g/mol. The Hall–Kier alpha value is -6.10. The van der Waals surface area contributed by atoms with E-state index in [0.29, 0.717) is 24.7 Å². The average molecular weight is 791 g/mol. The maximum atomic E-state index is 13.6. The van der Waals surface area contributed by atoms with E-state index in [9.17, 15) is 19.2 Å². The Balaban J connectivity index is 1.09. The Morgan fingerprint density at radius 2 is 1.02 bits per heavy atom. The fourth-order valence-electron chi connectivity index (χ4n) is 7.77. The van der Waals surface area contributed by atoms with E-state index in [0.717, 1.165) is 46.5 Å². The zero-order chi connectivity index (χ0) is 41.7. The maximum absolute atomic E-state index is 13.6. The van der Waals surface area contributed by atoms with Crippen LogP contribution in [-0.4, -0.2) is 93.1 Å². The molecule has 6 rings (SSSR count). The lowest BCUT2D eigenvalue weighted by molar-refractivity contribution is -0.136. The van der Waals surface area contributed by atoms with Gasteiger partial charge in [0.1, 0.15) is 23.7 Å². The predicted octanol–water partition coefficient (Wildman–Crippen LogP) is 6.45. The second-order valence-corrected chi connectivity index (χ2v) is 16.2. The van der Waals surface area contributed by atoms with Gasteiger partial charge in [-0.05, 0) is 71.9 Å². The summed E-state index contributed by atoms with van der Waals surface area (Å²) in [7, 11) is 2.58. The molecule has 2 fully saturated rings. The van der Waals surface area contributed by atoms with Gasteiger partial charge in [0.05, 0.1) is 50.1 Å². The van der Waals surface area contributed by atoms with E-state index in [4.69, 9.17) is 9.47 Å². The molecule has 2 saturated heterocycles. The van der Waals surface area contributed by atoms with Gasteiger partial charge in [-0.3, -0.25) is 9.59 Å². The zero-order valence-electron chi connectivity index (χ0n) is 34.5. The number of imidazole rings is 2. The third-order valence-electron chi connectivity index (χ3n) is 10.9. The van der Waals surface area contributed by atoms with Gasteiger partial charge in [-0.2, -0.15) is 0 Å². The Kier molecular flexibility index (Phi) is 12.9. The predicted molar refractivity (Wildman–Crippen MR) is 219 cm³/mol. The number of nitrogens with one attached hydrogen (secondary N) is 4. The Morgan fingerprint density at radius 3 is 1.34 bits per heavy atom. The van der Waals surface area contributed by atoms with Crippen LogP contribution in [0.2, 0.25) is 0 Å². The summed E-state index contributed by atoms with van der Waals surface area (Å²) < 4.78 is 9.53. The molecule has 0 bridgehead atoms. The van der Waals surface area contributed by atoms with Crippen molar-refractivity contribution in [3.8, 4) is 34.4 Å². The average Bonchev–Trinajstić information content (AvgIpc) is 4.04. The van der Waals surface area contributed by atoms with Crippen molar-refractivity contribution in [1.82, 2.24) is 40.4 Å². The quantitative estimate of drug-likeness (QED) is 0.133. The summed E-state index contributed by atoms with van der Waals surface area (Å²) >= 11 is 0. The van der Waals surface area contributed by atoms with Gasteiger partial charge in [-0.1, -0.05) is 77.6 Å². The van der Waals surface area contributed by atoms with Crippen molar-refractivity contribution in [2.24, 2.45) is 23.7 Å². The first kappa shape index (κ1) is 41.5. The maximum Gasteiger partial charge on any atom is 0.407 e. The number of likely N-dealkylation sites (tertiary alicyclic amines) is 2. The first-order valence-corrected chi connectivity index (χ1v) is 19.9. The second kappa shape index (κ2) is 18.0. The van der Waals surface area contributed by atoms with Crippen molar-refractivity contribution in [3.63, 3.8) is 0 Å². The molecule has 14 heteroatoms. The van der Waals surface area contributed by atoms with Crippen LogP contribution in [0.15, 0.2) is 60.9 Å². The van der Waals surface area contributed by atoms with Crippen LogP contribution in [0, 0.1) is 35.5 Å². The summed E-state index contributed by atoms with van der Waals surface area (Å²) in [5.41, 5.74) is 5.28. The molecule has 4 amide bonds. The number of ether oxygens (including phenoxy) is 2. The number of rotatable bonds is 10. The molecule has 0 unspecified atom stereocenters. The number of hydrogen-bond acceptors (Lipinski definition) is 8. The van der Waals surface area contributed by atoms with E-state index in [1.54, 1.807) is 12.4 Å². The standard InChI is InChI=1S/C44H54N8O6/c1-25(2)37(49-43(55)57-7)41(53)51-23-27(5)19-35(51)39-45-21-33(47-39)31-15-11-29(12-16-31)9-10-30-13-17-32(18-14-30)34-22-46-40(48-34)36-20-28(6)24-52(36)42(54)38(26(3)4)50-44(56)58-8/h11-18,21-22,25-28,35-38H,19-20,23-24H2,1-8H3,(H,45,47)(H,46,48)(H,49,55)(H,50,56)/t27-,28-,35-,36+,37+,38+/m1/s1. The van der Waals surface area contributed by atoms with Crippen LogP contribution in [0.25, 0.3) is 22.5 Å². The van der Waals surface area contributed by atoms with Crippen molar-refractivity contribution in [3.05, 3.63) is 83.7 Å². The summed E-state index contributed by atoms with van der Waals surface area (Å²) in [6.45, 7) is 13.0. The number of alkyl carbamates (subject to hydrolysis) is 2. The van der Waals surface area contributed by atoms with Gasteiger partial charge in [0.2, 0.25) is 11.8 Å².